The molecule has 0 aliphatic heterocycles. The fourth-order valence-corrected chi connectivity index (χ4v) is 3.21. The van der Waals surface area contributed by atoms with E-state index >= 15 is 0 Å². The van der Waals surface area contributed by atoms with Crippen LogP contribution >= 0.6 is 0 Å². The Labute approximate surface area is 171 Å². The zero-order valence-corrected chi connectivity index (χ0v) is 17.2. The minimum absolute atomic E-state index is 0.109. The molecule has 0 aliphatic carbocycles. The van der Waals surface area contributed by atoms with Crippen LogP contribution in [0.25, 0.3) is 5.65 Å². The highest BCUT2D eigenvalue weighted by Crippen LogP contribution is 2.27. The molecule has 0 radical (unpaired) electrons. The summed E-state index contributed by atoms with van der Waals surface area (Å²) in [6.45, 7) is 4.94. The van der Waals surface area contributed by atoms with Crippen molar-refractivity contribution in [1.82, 2.24) is 9.38 Å². The van der Waals surface area contributed by atoms with E-state index in [1.807, 2.05) is 53.1 Å². The van der Waals surface area contributed by atoms with Gasteiger partial charge in [0.25, 0.3) is 0 Å². The van der Waals surface area contributed by atoms with Gasteiger partial charge in [0.2, 0.25) is 0 Å². The maximum absolute atomic E-state index is 11.8. The Bertz CT molecular complexity index is 922. The summed E-state index contributed by atoms with van der Waals surface area (Å²) < 4.78 is 13.1. The summed E-state index contributed by atoms with van der Waals surface area (Å²) in [5, 5.41) is 3.22. The molecule has 0 unspecified atom stereocenters. The van der Waals surface area contributed by atoms with E-state index in [1.165, 1.54) is 0 Å². The number of aromatic nitrogens is 2. The number of carbonyl (C=O) groups excluding carboxylic acids is 1. The topological polar surface area (TPSA) is 64.9 Å². The number of esters is 1. The predicted molar refractivity (Wildman–Crippen MR) is 114 cm³/mol. The van der Waals surface area contributed by atoms with Crippen molar-refractivity contribution in [3.63, 3.8) is 0 Å². The van der Waals surface area contributed by atoms with Crippen LogP contribution in [0.2, 0.25) is 0 Å². The lowest BCUT2D eigenvalue weighted by atomic mass is 10.1. The third kappa shape index (κ3) is 5.50. The number of imidazole rings is 1. The van der Waals surface area contributed by atoms with E-state index in [9.17, 15) is 4.79 Å². The average Bonchev–Trinajstić information content (AvgIpc) is 3.10. The molecule has 0 spiro atoms. The molecule has 6 nitrogen and oxygen atoms in total. The van der Waals surface area contributed by atoms with Crippen molar-refractivity contribution in [1.29, 1.82) is 0 Å². The van der Waals surface area contributed by atoms with Crippen molar-refractivity contribution in [3.05, 3.63) is 59.9 Å². The van der Waals surface area contributed by atoms with Gasteiger partial charge in [-0.2, -0.15) is 0 Å². The van der Waals surface area contributed by atoms with Crippen LogP contribution in [0.1, 0.15) is 44.4 Å². The van der Waals surface area contributed by atoms with Gasteiger partial charge >= 0.3 is 5.97 Å². The summed E-state index contributed by atoms with van der Waals surface area (Å²) in [5.74, 6) is 1.27. The molecular weight excluding hydrogens is 366 g/mol. The van der Waals surface area contributed by atoms with Crippen LogP contribution in [0.15, 0.2) is 48.7 Å². The normalized spacial score (nSPS) is 10.8. The number of rotatable bonds is 11. The lowest BCUT2D eigenvalue weighted by molar-refractivity contribution is -0.140. The van der Waals surface area contributed by atoms with Gasteiger partial charge in [0.1, 0.15) is 19.0 Å². The third-order valence-electron chi connectivity index (χ3n) is 4.65. The number of anilines is 1. The molecule has 6 heteroatoms. The number of ether oxygens (including phenoxy) is 2. The van der Waals surface area contributed by atoms with Gasteiger partial charge in [0, 0.05) is 6.20 Å². The Morgan fingerprint density at radius 1 is 1.10 bits per heavy atom. The maximum atomic E-state index is 11.8. The van der Waals surface area contributed by atoms with E-state index in [-0.39, 0.29) is 12.5 Å². The zero-order valence-electron chi connectivity index (χ0n) is 17.2. The van der Waals surface area contributed by atoms with Gasteiger partial charge in [0.05, 0.1) is 12.3 Å². The molecule has 154 valence electrons. The van der Waals surface area contributed by atoms with Crippen LogP contribution in [0.5, 0.6) is 5.75 Å². The Morgan fingerprint density at radius 3 is 2.69 bits per heavy atom. The highest BCUT2D eigenvalue weighted by molar-refractivity contribution is 5.75. The molecule has 0 amide bonds. The highest BCUT2D eigenvalue weighted by atomic mass is 16.5. The number of aryl methyl sites for hydroxylation is 1. The summed E-state index contributed by atoms with van der Waals surface area (Å²) in [5.41, 5.74) is 2.80. The SMILES string of the molecule is CCCCCc1nc2c(OCc3ccccc3)cccn2c1NCC(=O)OCC. The van der Waals surface area contributed by atoms with Crippen molar-refractivity contribution >= 4 is 17.4 Å². The molecule has 3 rings (SSSR count). The summed E-state index contributed by atoms with van der Waals surface area (Å²) in [7, 11) is 0. The molecule has 0 saturated carbocycles. The molecular formula is C23H29N3O3. The molecule has 0 atom stereocenters. The minimum atomic E-state index is -0.279. The fourth-order valence-electron chi connectivity index (χ4n) is 3.21. The summed E-state index contributed by atoms with van der Waals surface area (Å²) in [6, 6.07) is 13.9. The molecule has 0 fully saturated rings. The lowest BCUT2D eigenvalue weighted by Crippen LogP contribution is -2.18. The second-order valence-electron chi connectivity index (χ2n) is 6.86. The van der Waals surface area contributed by atoms with Crippen molar-refractivity contribution in [2.24, 2.45) is 0 Å². The van der Waals surface area contributed by atoms with E-state index < -0.39 is 0 Å². The molecule has 0 saturated heterocycles. The molecule has 1 N–H and O–H groups in total. The summed E-state index contributed by atoms with van der Waals surface area (Å²) in [4.78, 5) is 16.7. The second kappa shape index (κ2) is 10.5. The van der Waals surface area contributed by atoms with Crippen molar-refractivity contribution in [2.75, 3.05) is 18.5 Å². The number of fused-ring (bicyclic) bond motifs is 1. The van der Waals surface area contributed by atoms with E-state index in [0.29, 0.717) is 13.2 Å². The van der Waals surface area contributed by atoms with Crippen molar-refractivity contribution in [3.8, 4) is 5.75 Å². The number of nitrogens with zero attached hydrogens (tertiary/aromatic N) is 2. The molecule has 29 heavy (non-hydrogen) atoms. The number of benzene rings is 1. The van der Waals surface area contributed by atoms with Gasteiger partial charge in [-0.05, 0) is 37.5 Å². The number of nitrogens with one attached hydrogen (secondary N) is 1. The van der Waals surface area contributed by atoms with Crippen LogP contribution in [0.4, 0.5) is 5.82 Å². The Kier molecular flexibility index (Phi) is 7.50. The second-order valence-corrected chi connectivity index (χ2v) is 6.86. The predicted octanol–water partition coefficient (Wildman–Crippen LogP) is 4.62. The number of hydrogen-bond donors (Lipinski definition) is 1. The number of unbranched alkanes of at least 4 members (excludes halogenated alkanes) is 2. The maximum Gasteiger partial charge on any atom is 0.325 e. The van der Waals surface area contributed by atoms with E-state index in [2.05, 4.69) is 12.2 Å². The zero-order chi connectivity index (χ0) is 20.5. The first-order valence-electron chi connectivity index (χ1n) is 10.3. The molecule has 3 aromatic rings. The Hall–Kier alpha value is -3.02. The van der Waals surface area contributed by atoms with Crippen LogP contribution in [-0.4, -0.2) is 28.5 Å². The van der Waals surface area contributed by atoms with Crippen LogP contribution < -0.4 is 10.1 Å². The van der Waals surface area contributed by atoms with Gasteiger partial charge in [-0.1, -0.05) is 50.1 Å². The van der Waals surface area contributed by atoms with Gasteiger partial charge in [0.15, 0.2) is 11.4 Å². The fraction of sp³-hybridized carbons (Fsp3) is 0.391. The van der Waals surface area contributed by atoms with Gasteiger partial charge in [-0.15, -0.1) is 0 Å². The smallest absolute Gasteiger partial charge is 0.325 e. The van der Waals surface area contributed by atoms with Gasteiger partial charge in [-0.25, -0.2) is 4.98 Å². The molecule has 2 heterocycles. The summed E-state index contributed by atoms with van der Waals surface area (Å²) >= 11 is 0. The molecule has 1 aromatic carbocycles. The Morgan fingerprint density at radius 2 is 1.93 bits per heavy atom. The summed E-state index contributed by atoms with van der Waals surface area (Å²) in [6.07, 6.45) is 6.12. The molecule has 0 bridgehead atoms. The van der Waals surface area contributed by atoms with Crippen LogP contribution in [0.3, 0.4) is 0 Å². The first kappa shape index (κ1) is 20.7. The Balaban J connectivity index is 1.85. The molecule has 0 aliphatic rings. The largest absolute Gasteiger partial charge is 0.485 e. The first-order valence-corrected chi connectivity index (χ1v) is 10.3. The van der Waals surface area contributed by atoms with E-state index in [4.69, 9.17) is 14.5 Å². The van der Waals surface area contributed by atoms with E-state index in [1.54, 1.807) is 6.92 Å². The number of carbonyl (C=O) groups is 1. The standard InChI is InChI=1S/C23H29N3O3/c1-3-5-7-13-19-22(24-16-21(27)28-4-2)26-15-10-14-20(23(26)25-19)29-17-18-11-8-6-9-12-18/h6,8-12,14-15,24H,3-5,7,13,16-17H2,1-2H3. The quantitative estimate of drug-likeness (QED) is 0.379. The van der Waals surface area contributed by atoms with Crippen LogP contribution in [-0.2, 0) is 22.6 Å². The van der Waals surface area contributed by atoms with Gasteiger partial charge in [-0.3, -0.25) is 9.20 Å². The molecule has 2 aromatic heterocycles. The van der Waals surface area contributed by atoms with Crippen LogP contribution in [0, 0.1) is 0 Å². The number of hydrogen-bond acceptors (Lipinski definition) is 5. The first-order chi connectivity index (χ1) is 14.2. The van der Waals surface area contributed by atoms with Crippen molar-refractivity contribution < 1.29 is 14.3 Å². The monoisotopic (exact) mass is 395 g/mol. The minimum Gasteiger partial charge on any atom is -0.485 e. The average molecular weight is 396 g/mol. The van der Waals surface area contributed by atoms with E-state index in [0.717, 1.165) is 54.2 Å². The highest BCUT2D eigenvalue weighted by Gasteiger charge is 2.16. The third-order valence-corrected chi connectivity index (χ3v) is 4.65. The lowest BCUT2D eigenvalue weighted by Gasteiger charge is -2.10. The van der Waals surface area contributed by atoms with Crippen molar-refractivity contribution in [2.45, 2.75) is 46.1 Å². The van der Waals surface area contributed by atoms with Gasteiger partial charge < -0.3 is 14.8 Å². The number of pyridine rings is 1.